The zero-order valence-electron chi connectivity index (χ0n) is 33.8. The molecular formula is C43H49ClN10O5. The monoisotopic (exact) mass is 820 g/mol. The maximum atomic E-state index is 13.4. The first-order valence-corrected chi connectivity index (χ1v) is 20.7. The summed E-state index contributed by atoms with van der Waals surface area (Å²) in [6, 6.07) is 15.5. The van der Waals surface area contributed by atoms with Crippen molar-refractivity contribution in [2.24, 2.45) is 16.7 Å². The van der Waals surface area contributed by atoms with Gasteiger partial charge in [0.15, 0.2) is 11.5 Å². The molecule has 16 heteroatoms. The van der Waals surface area contributed by atoms with Crippen LogP contribution < -0.4 is 30.7 Å². The van der Waals surface area contributed by atoms with Crippen molar-refractivity contribution in [2.45, 2.75) is 71.6 Å². The number of ether oxygens (including phenoxy) is 1. The predicted molar refractivity (Wildman–Crippen MR) is 222 cm³/mol. The Labute approximate surface area is 347 Å². The van der Waals surface area contributed by atoms with E-state index in [0.29, 0.717) is 27.6 Å². The van der Waals surface area contributed by atoms with Gasteiger partial charge in [-0.25, -0.2) is 4.68 Å². The lowest BCUT2D eigenvalue weighted by Crippen LogP contribution is -2.74. The molecule has 15 nitrogen and oxygen atoms in total. The van der Waals surface area contributed by atoms with Crippen molar-refractivity contribution in [3.63, 3.8) is 0 Å². The van der Waals surface area contributed by atoms with E-state index in [4.69, 9.17) is 16.3 Å². The third kappa shape index (κ3) is 7.83. The van der Waals surface area contributed by atoms with E-state index in [9.17, 15) is 24.4 Å². The molecule has 0 radical (unpaired) electrons. The summed E-state index contributed by atoms with van der Waals surface area (Å²) in [4.78, 5) is 57.7. The molecule has 0 unspecified atom stereocenters. The summed E-state index contributed by atoms with van der Waals surface area (Å²) in [5, 5.41) is 29.4. The van der Waals surface area contributed by atoms with Crippen LogP contribution in [-0.2, 0) is 9.59 Å². The lowest BCUT2D eigenvalue weighted by atomic mass is 9.49. The van der Waals surface area contributed by atoms with Crippen molar-refractivity contribution in [1.82, 2.24) is 35.5 Å². The van der Waals surface area contributed by atoms with Gasteiger partial charge in [0.2, 0.25) is 5.91 Å². The van der Waals surface area contributed by atoms with Gasteiger partial charge in [-0.3, -0.25) is 29.4 Å². The molecule has 5 heterocycles. The van der Waals surface area contributed by atoms with Crippen LogP contribution in [0.5, 0.6) is 5.75 Å². The molecule has 4 aliphatic rings. The standard InChI is InChI=1S/C43H49ClN10O5/c1-42(2)40(43(3,4)41(42)59-30-7-5-27(23-45)32(44)22-30)48-37(56)33-9-11-35(50-49-33)53-15-13-26(14-16-53)25-51-17-19-52(20-18-51)29-6-8-31-28(21-29)24-46-54(39(31)58)34-10-12-36(55)47-38(34)57/h5-9,11,21-22,24,26,34,40-41H,10,12-20,25H2,1-4H3,(H,48,56)(H,47,55,57)/t34-,40-,41-/m0/s1. The van der Waals surface area contributed by atoms with E-state index in [2.05, 4.69) is 74.4 Å². The minimum Gasteiger partial charge on any atom is -0.489 e. The summed E-state index contributed by atoms with van der Waals surface area (Å²) < 4.78 is 7.56. The molecule has 1 saturated carbocycles. The van der Waals surface area contributed by atoms with E-state index in [1.54, 1.807) is 30.5 Å². The van der Waals surface area contributed by atoms with Crippen molar-refractivity contribution >= 4 is 51.6 Å². The molecule has 3 saturated heterocycles. The average molecular weight is 821 g/mol. The van der Waals surface area contributed by atoms with Gasteiger partial charge in [0.25, 0.3) is 17.4 Å². The first kappa shape index (κ1) is 40.2. The summed E-state index contributed by atoms with van der Waals surface area (Å²) in [5.74, 6) is 0.829. The lowest BCUT2D eigenvalue weighted by molar-refractivity contribution is -0.164. The number of fused-ring (bicyclic) bond motifs is 1. The van der Waals surface area contributed by atoms with Gasteiger partial charge in [0.05, 0.1) is 22.2 Å². The first-order valence-electron chi connectivity index (χ1n) is 20.3. The molecule has 1 aliphatic carbocycles. The second-order valence-corrected chi connectivity index (χ2v) is 17.8. The fourth-order valence-corrected chi connectivity index (χ4v) is 10.0. The highest BCUT2D eigenvalue weighted by Gasteiger charge is 2.64. The summed E-state index contributed by atoms with van der Waals surface area (Å²) in [7, 11) is 0. The fraction of sp³-hybridized carbons (Fsp3) is 0.488. The molecule has 1 atom stereocenters. The van der Waals surface area contributed by atoms with Crippen LogP contribution in [0, 0.1) is 28.1 Å². The Kier molecular flexibility index (Phi) is 10.8. The van der Waals surface area contributed by atoms with Crippen molar-refractivity contribution < 1.29 is 19.1 Å². The number of nitriles is 1. The van der Waals surface area contributed by atoms with Crippen LogP contribution in [0.4, 0.5) is 11.5 Å². The van der Waals surface area contributed by atoms with Gasteiger partial charge in [-0.1, -0.05) is 39.3 Å². The number of aromatic nitrogens is 4. The second kappa shape index (κ2) is 15.9. The maximum Gasteiger partial charge on any atom is 0.275 e. The molecule has 0 spiro atoms. The number of hydrogen-bond acceptors (Lipinski definition) is 12. The molecule has 4 fully saturated rings. The zero-order chi connectivity index (χ0) is 41.6. The number of benzene rings is 2. The van der Waals surface area contributed by atoms with E-state index in [0.717, 1.165) is 75.5 Å². The number of nitrogens with zero attached hydrogens (tertiary/aromatic N) is 8. The minimum absolute atomic E-state index is 0.179. The quantitative estimate of drug-likeness (QED) is 0.229. The van der Waals surface area contributed by atoms with Crippen molar-refractivity contribution in [3.05, 3.63) is 81.4 Å². The van der Waals surface area contributed by atoms with Crippen LogP contribution in [0.1, 0.15) is 75.5 Å². The Bertz CT molecular complexity index is 2360. The summed E-state index contributed by atoms with van der Waals surface area (Å²) in [6.07, 6.45) is 3.95. The molecule has 4 aromatic rings. The Morgan fingerprint density at radius 3 is 2.34 bits per heavy atom. The highest BCUT2D eigenvalue weighted by atomic mass is 35.5. The van der Waals surface area contributed by atoms with E-state index in [-0.39, 0.29) is 48.1 Å². The molecule has 2 aromatic carbocycles. The molecular weight excluding hydrogens is 772 g/mol. The third-order valence-corrected chi connectivity index (χ3v) is 13.1. The Hall–Kier alpha value is -5.59. The van der Waals surface area contributed by atoms with E-state index >= 15 is 0 Å². The van der Waals surface area contributed by atoms with Gasteiger partial charge in [-0.2, -0.15) is 10.4 Å². The second-order valence-electron chi connectivity index (χ2n) is 17.4. The van der Waals surface area contributed by atoms with Gasteiger partial charge in [0, 0.05) is 86.2 Å². The summed E-state index contributed by atoms with van der Waals surface area (Å²) in [5.41, 5.74) is 0.583. The number of nitrogens with one attached hydrogen (secondary N) is 2. The number of hydrogen-bond donors (Lipinski definition) is 2. The Morgan fingerprint density at radius 1 is 0.932 bits per heavy atom. The number of amides is 3. The van der Waals surface area contributed by atoms with Crippen LogP contribution in [-0.4, -0.2) is 101 Å². The molecule has 3 aliphatic heterocycles. The first-order chi connectivity index (χ1) is 28.2. The SMILES string of the molecule is CC1(C)[C@H](NC(=O)c2ccc(N3CCC(CN4CCN(c5ccc6c(=O)n([C@H]7CCC(=O)NC7=O)ncc6c5)CC4)CC3)nn2)C(C)(C)[C@H]1Oc1ccc(C#N)c(Cl)c1. The Balaban J connectivity index is 0.792. The number of carbonyl (C=O) groups is 3. The van der Waals surface area contributed by atoms with E-state index in [1.165, 1.54) is 4.68 Å². The smallest absolute Gasteiger partial charge is 0.275 e. The number of rotatable bonds is 9. The molecule has 59 heavy (non-hydrogen) atoms. The highest BCUT2D eigenvalue weighted by Crippen LogP contribution is 2.55. The van der Waals surface area contributed by atoms with Gasteiger partial charge < -0.3 is 19.9 Å². The van der Waals surface area contributed by atoms with Gasteiger partial charge in [-0.05, 0) is 67.6 Å². The maximum absolute atomic E-state index is 13.4. The third-order valence-electron chi connectivity index (χ3n) is 12.8. The van der Waals surface area contributed by atoms with E-state index in [1.807, 2.05) is 24.3 Å². The topological polar surface area (TPSA) is 179 Å². The van der Waals surface area contributed by atoms with Crippen molar-refractivity contribution in [2.75, 3.05) is 55.6 Å². The average Bonchev–Trinajstić information content (AvgIpc) is 3.22. The van der Waals surface area contributed by atoms with Gasteiger partial charge in [0.1, 0.15) is 24.0 Å². The highest BCUT2D eigenvalue weighted by molar-refractivity contribution is 6.31. The zero-order valence-corrected chi connectivity index (χ0v) is 34.5. The molecule has 3 amide bonds. The van der Waals surface area contributed by atoms with Crippen LogP contribution in [0.15, 0.2) is 59.5 Å². The number of piperidine rings is 2. The fourth-order valence-electron chi connectivity index (χ4n) is 9.80. The summed E-state index contributed by atoms with van der Waals surface area (Å²) >= 11 is 6.24. The number of anilines is 2. The molecule has 2 aromatic heterocycles. The number of carbonyl (C=O) groups excluding carboxylic acids is 3. The molecule has 2 N–H and O–H groups in total. The van der Waals surface area contributed by atoms with E-state index < -0.39 is 22.8 Å². The van der Waals surface area contributed by atoms with Crippen molar-refractivity contribution in [3.8, 4) is 11.8 Å². The number of imide groups is 1. The van der Waals surface area contributed by atoms with Crippen LogP contribution in [0.3, 0.4) is 0 Å². The Morgan fingerprint density at radius 2 is 1.68 bits per heavy atom. The van der Waals surface area contributed by atoms with Gasteiger partial charge >= 0.3 is 0 Å². The predicted octanol–water partition coefficient (Wildman–Crippen LogP) is 4.34. The minimum atomic E-state index is -0.787. The molecule has 308 valence electrons. The largest absolute Gasteiger partial charge is 0.489 e. The number of piperazine rings is 1. The van der Waals surface area contributed by atoms with Gasteiger partial charge in [-0.15, -0.1) is 10.2 Å². The van der Waals surface area contributed by atoms with Crippen LogP contribution in [0.2, 0.25) is 5.02 Å². The van der Waals surface area contributed by atoms with Crippen LogP contribution >= 0.6 is 11.6 Å². The van der Waals surface area contributed by atoms with Crippen LogP contribution in [0.25, 0.3) is 10.8 Å². The normalized spacial score (nSPS) is 23.3. The van der Waals surface area contributed by atoms with Crippen molar-refractivity contribution in [1.29, 1.82) is 5.26 Å². The lowest BCUT2D eigenvalue weighted by Gasteiger charge is -2.63. The molecule has 8 rings (SSSR count). The molecule has 0 bridgehead atoms. The summed E-state index contributed by atoms with van der Waals surface area (Å²) in [6.45, 7) is 14.7. The number of halogens is 1.